The highest BCUT2D eigenvalue weighted by atomic mass is 16.5. The fraction of sp³-hybridized carbons (Fsp3) is 0. The second kappa shape index (κ2) is 9.66. The van der Waals surface area contributed by atoms with E-state index in [2.05, 4.69) is 20.3 Å². The minimum absolute atomic E-state index is 0.277. The zero-order chi connectivity index (χ0) is 23.2. The number of aromatic nitrogens is 4. The highest BCUT2D eigenvalue weighted by molar-refractivity contribution is 6.06. The summed E-state index contributed by atoms with van der Waals surface area (Å²) < 4.78 is 13.5. The first-order chi connectivity index (χ1) is 16.7. The maximum Gasteiger partial charge on any atom is 0.259 e. The van der Waals surface area contributed by atoms with Gasteiger partial charge in [-0.25, -0.2) is 15.0 Å². The second-order valence-corrected chi connectivity index (χ2v) is 7.18. The number of hydrogen-bond donors (Lipinski definition) is 1. The number of amides is 1. The van der Waals surface area contributed by atoms with Crippen molar-refractivity contribution in [2.45, 2.75) is 0 Å². The van der Waals surface area contributed by atoms with Gasteiger partial charge in [-0.2, -0.15) is 0 Å². The van der Waals surface area contributed by atoms with Gasteiger partial charge in [0.15, 0.2) is 0 Å². The summed E-state index contributed by atoms with van der Waals surface area (Å²) in [7, 11) is 0. The van der Waals surface area contributed by atoms with Crippen molar-refractivity contribution in [1.82, 2.24) is 19.5 Å². The molecule has 8 heteroatoms. The van der Waals surface area contributed by atoms with Crippen LogP contribution in [0.2, 0.25) is 0 Å². The molecule has 166 valence electrons. The molecular formula is C26H19N5O3. The zero-order valence-electron chi connectivity index (χ0n) is 17.9. The van der Waals surface area contributed by atoms with Gasteiger partial charge in [0.25, 0.3) is 5.91 Å². The van der Waals surface area contributed by atoms with E-state index in [1.807, 2.05) is 36.4 Å². The molecule has 5 rings (SSSR count). The van der Waals surface area contributed by atoms with E-state index >= 15 is 0 Å². The van der Waals surface area contributed by atoms with E-state index in [0.717, 1.165) is 0 Å². The Morgan fingerprint density at radius 3 is 2.38 bits per heavy atom. The molecule has 2 heterocycles. The lowest BCUT2D eigenvalue weighted by Crippen LogP contribution is -2.12. The summed E-state index contributed by atoms with van der Waals surface area (Å²) in [5.74, 6) is 2.46. The quantitative estimate of drug-likeness (QED) is 0.353. The number of nitrogens with zero attached hydrogens (tertiary/aromatic N) is 4. The minimum Gasteiger partial charge on any atom is -0.457 e. The summed E-state index contributed by atoms with van der Waals surface area (Å²) in [5.41, 5.74) is 1.05. The SMILES string of the molecule is O=C(Nc1ccc(Oc2cc(-n3ccnc3)ncn2)cc1)c1ccccc1Oc1ccccc1. The monoisotopic (exact) mass is 449 g/mol. The van der Waals surface area contributed by atoms with Crippen molar-refractivity contribution >= 4 is 11.6 Å². The second-order valence-electron chi connectivity index (χ2n) is 7.18. The maximum atomic E-state index is 12.9. The van der Waals surface area contributed by atoms with Crippen molar-refractivity contribution in [3.63, 3.8) is 0 Å². The van der Waals surface area contributed by atoms with Crippen LogP contribution >= 0.6 is 0 Å². The van der Waals surface area contributed by atoms with Crippen LogP contribution in [0, 0.1) is 0 Å². The Labute approximate surface area is 195 Å². The van der Waals surface area contributed by atoms with Gasteiger partial charge in [0.1, 0.15) is 35.7 Å². The molecule has 2 aromatic heterocycles. The van der Waals surface area contributed by atoms with E-state index in [9.17, 15) is 4.79 Å². The van der Waals surface area contributed by atoms with Gasteiger partial charge in [-0.05, 0) is 48.5 Å². The van der Waals surface area contributed by atoms with Crippen LogP contribution in [0.3, 0.4) is 0 Å². The third-order valence-electron chi connectivity index (χ3n) is 4.83. The van der Waals surface area contributed by atoms with Crippen LogP contribution in [-0.2, 0) is 0 Å². The molecule has 0 atom stereocenters. The van der Waals surface area contributed by atoms with Gasteiger partial charge in [0, 0.05) is 24.1 Å². The lowest BCUT2D eigenvalue weighted by Gasteiger charge is -2.12. The number of ether oxygens (including phenoxy) is 2. The first-order valence-electron chi connectivity index (χ1n) is 10.5. The Hall–Kier alpha value is -4.98. The molecule has 1 amide bonds. The molecule has 0 aliphatic rings. The van der Waals surface area contributed by atoms with E-state index in [-0.39, 0.29) is 5.91 Å². The highest BCUT2D eigenvalue weighted by Gasteiger charge is 2.13. The third kappa shape index (κ3) is 4.91. The zero-order valence-corrected chi connectivity index (χ0v) is 17.9. The molecule has 34 heavy (non-hydrogen) atoms. The number of para-hydroxylation sites is 2. The smallest absolute Gasteiger partial charge is 0.259 e. The van der Waals surface area contributed by atoms with Crippen molar-refractivity contribution in [1.29, 1.82) is 0 Å². The topological polar surface area (TPSA) is 91.2 Å². The summed E-state index contributed by atoms with van der Waals surface area (Å²) in [6.07, 6.45) is 6.52. The van der Waals surface area contributed by atoms with Crippen LogP contribution in [0.5, 0.6) is 23.1 Å². The molecule has 0 unspecified atom stereocenters. The van der Waals surface area contributed by atoms with Crippen molar-refractivity contribution in [3.8, 4) is 28.9 Å². The Bertz CT molecular complexity index is 1390. The molecule has 0 bridgehead atoms. The standard InChI is InChI=1S/C26H19N5O3/c32-26(22-8-4-5-9-23(22)33-20-6-2-1-3-7-20)30-19-10-12-21(13-11-19)34-25-16-24(28-17-29-25)31-15-14-27-18-31/h1-18H,(H,30,32). The first-order valence-corrected chi connectivity index (χ1v) is 10.5. The number of anilines is 1. The van der Waals surface area contributed by atoms with E-state index in [1.54, 1.807) is 71.8 Å². The van der Waals surface area contributed by atoms with E-state index in [4.69, 9.17) is 9.47 Å². The Kier molecular flexibility index (Phi) is 5.94. The maximum absolute atomic E-state index is 12.9. The number of carbonyl (C=O) groups excluding carboxylic acids is 1. The Morgan fingerprint density at radius 1 is 0.824 bits per heavy atom. The Morgan fingerprint density at radius 2 is 1.59 bits per heavy atom. The summed E-state index contributed by atoms with van der Waals surface area (Å²) in [6.45, 7) is 0. The molecule has 0 aliphatic heterocycles. The van der Waals surface area contributed by atoms with Gasteiger partial charge in [-0.1, -0.05) is 30.3 Å². The molecule has 0 spiro atoms. The number of benzene rings is 3. The molecule has 8 nitrogen and oxygen atoms in total. The van der Waals surface area contributed by atoms with Crippen LogP contribution in [0.1, 0.15) is 10.4 Å². The van der Waals surface area contributed by atoms with E-state index in [1.165, 1.54) is 6.33 Å². The number of imidazole rings is 1. The lowest BCUT2D eigenvalue weighted by molar-refractivity contribution is 0.102. The van der Waals surface area contributed by atoms with Gasteiger partial charge in [-0.15, -0.1) is 0 Å². The molecule has 0 saturated heterocycles. The van der Waals surface area contributed by atoms with Gasteiger partial charge in [0.2, 0.25) is 5.88 Å². The minimum atomic E-state index is -0.277. The van der Waals surface area contributed by atoms with Gasteiger partial charge in [0.05, 0.1) is 5.56 Å². The van der Waals surface area contributed by atoms with Crippen LogP contribution in [0.4, 0.5) is 5.69 Å². The van der Waals surface area contributed by atoms with Gasteiger partial charge >= 0.3 is 0 Å². The molecule has 0 fully saturated rings. The van der Waals surface area contributed by atoms with E-state index in [0.29, 0.717) is 40.2 Å². The average Bonchev–Trinajstić information content (AvgIpc) is 3.42. The molecule has 3 aromatic carbocycles. The van der Waals surface area contributed by atoms with Crippen LogP contribution in [0.25, 0.3) is 5.82 Å². The summed E-state index contributed by atoms with van der Waals surface area (Å²) in [5, 5.41) is 2.89. The summed E-state index contributed by atoms with van der Waals surface area (Å²) in [6, 6.07) is 25.2. The van der Waals surface area contributed by atoms with Crippen molar-refractivity contribution < 1.29 is 14.3 Å². The van der Waals surface area contributed by atoms with Crippen molar-refractivity contribution in [2.24, 2.45) is 0 Å². The predicted molar refractivity (Wildman–Crippen MR) is 127 cm³/mol. The molecular weight excluding hydrogens is 430 g/mol. The molecule has 0 aliphatic carbocycles. The molecule has 0 saturated carbocycles. The number of hydrogen-bond acceptors (Lipinski definition) is 6. The summed E-state index contributed by atoms with van der Waals surface area (Å²) >= 11 is 0. The molecule has 0 radical (unpaired) electrons. The normalized spacial score (nSPS) is 10.5. The summed E-state index contributed by atoms with van der Waals surface area (Å²) in [4.78, 5) is 25.3. The van der Waals surface area contributed by atoms with Crippen molar-refractivity contribution in [2.75, 3.05) is 5.32 Å². The van der Waals surface area contributed by atoms with E-state index < -0.39 is 0 Å². The van der Waals surface area contributed by atoms with Crippen LogP contribution in [0.15, 0.2) is 110 Å². The highest BCUT2D eigenvalue weighted by Crippen LogP contribution is 2.27. The Balaban J connectivity index is 1.26. The van der Waals surface area contributed by atoms with Crippen LogP contribution < -0.4 is 14.8 Å². The van der Waals surface area contributed by atoms with Gasteiger partial charge < -0.3 is 14.8 Å². The largest absolute Gasteiger partial charge is 0.457 e. The average molecular weight is 449 g/mol. The molecule has 1 N–H and O–H groups in total. The third-order valence-corrected chi connectivity index (χ3v) is 4.83. The fourth-order valence-corrected chi connectivity index (χ4v) is 3.21. The number of carbonyl (C=O) groups is 1. The van der Waals surface area contributed by atoms with Gasteiger partial charge in [-0.3, -0.25) is 9.36 Å². The van der Waals surface area contributed by atoms with Crippen molar-refractivity contribution in [3.05, 3.63) is 116 Å². The van der Waals surface area contributed by atoms with Crippen LogP contribution in [-0.4, -0.2) is 25.4 Å². The lowest BCUT2D eigenvalue weighted by atomic mass is 10.1. The fourth-order valence-electron chi connectivity index (χ4n) is 3.21. The predicted octanol–water partition coefficient (Wildman–Crippen LogP) is 5.50. The number of rotatable bonds is 7. The number of nitrogens with one attached hydrogen (secondary N) is 1. The first kappa shape index (κ1) is 20.9. The molecule has 5 aromatic rings.